The van der Waals surface area contributed by atoms with Crippen LogP contribution in [-0.2, 0) is 0 Å². The molecule has 0 bridgehead atoms. The fourth-order valence-corrected chi connectivity index (χ4v) is 2.13. The van der Waals surface area contributed by atoms with Gasteiger partial charge in [-0.2, -0.15) is 0 Å². The lowest BCUT2D eigenvalue weighted by Crippen LogP contribution is -1.86. The van der Waals surface area contributed by atoms with E-state index in [1.54, 1.807) is 0 Å². The molecule has 0 heteroatoms. The van der Waals surface area contributed by atoms with Crippen molar-refractivity contribution in [2.24, 2.45) is 5.92 Å². The molecule has 19 heavy (non-hydrogen) atoms. The monoisotopic (exact) mass is 248 g/mol. The maximum atomic E-state index is 3.90. The zero-order valence-electron chi connectivity index (χ0n) is 11.6. The zero-order chi connectivity index (χ0) is 13.7. The van der Waals surface area contributed by atoms with Crippen LogP contribution in [0.5, 0.6) is 0 Å². The standard InChI is InChI=1S/C19H20/c1-4-16(14-15(2)3)18-10-12-19(13-11-18)17-8-6-5-7-9-17/h4-15H,1H2,2-3H3/b16-14+. The van der Waals surface area contributed by atoms with E-state index < -0.39 is 0 Å². The molecule has 0 N–H and O–H groups in total. The highest BCUT2D eigenvalue weighted by Gasteiger charge is 2.01. The fourth-order valence-electron chi connectivity index (χ4n) is 2.13. The molecule has 2 aromatic carbocycles. The molecule has 96 valence electrons. The third kappa shape index (κ3) is 3.45. The maximum absolute atomic E-state index is 3.90. The predicted molar refractivity (Wildman–Crippen MR) is 84.9 cm³/mol. The van der Waals surface area contributed by atoms with E-state index in [1.165, 1.54) is 22.3 Å². The Bertz CT molecular complexity index is 557. The van der Waals surface area contributed by atoms with Crippen molar-refractivity contribution in [3.63, 3.8) is 0 Å². The molecule has 0 aliphatic heterocycles. The van der Waals surface area contributed by atoms with Gasteiger partial charge in [-0.3, -0.25) is 0 Å². The second kappa shape index (κ2) is 6.19. The quantitative estimate of drug-likeness (QED) is 0.620. The molecule has 0 radical (unpaired) electrons. The first-order valence-corrected chi connectivity index (χ1v) is 6.71. The number of benzene rings is 2. The van der Waals surface area contributed by atoms with Crippen LogP contribution in [0, 0.1) is 5.92 Å². The van der Waals surface area contributed by atoms with E-state index in [0.29, 0.717) is 5.92 Å². The van der Waals surface area contributed by atoms with Crippen molar-refractivity contribution in [2.45, 2.75) is 13.8 Å². The molecular weight excluding hydrogens is 228 g/mol. The molecule has 0 saturated carbocycles. The minimum Gasteiger partial charge on any atom is -0.0985 e. The molecule has 0 aliphatic rings. The van der Waals surface area contributed by atoms with Gasteiger partial charge >= 0.3 is 0 Å². The smallest absolute Gasteiger partial charge is 0.0184 e. The van der Waals surface area contributed by atoms with E-state index >= 15 is 0 Å². The number of allylic oxidation sites excluding steroid dienone is 3. The van der Waals surface area contributed by atoms with Gasteiger partial charge < -0.3 is 0 Å². The largest absolute Gasteiger partial charge is 0.0985 e. The van der Waals surface area contributed by atoms with Crippen molar-refractivity contribution in [2.75, 3.05) is 0 Å². The minimum atomic E-state index is 0.529. The summed E-state index contributed by atoms with van der Waals surface area (Å²) in [6.45, 7) is 8.27. The molecule has 0 aromatic heterocycles. The van der Waals surface area contributed by atoms with Crippen molar-refractivity contribution in [3.05, 3.63) is 78.9 Å². The van der Waals surface area contributed by atoms with Gasteiger partial charge in [0.1, 0.15) is 0 Å². The molecule has 0 fully saturated rings. The summed E-state index contributed by atoms with van der Waals surface area (Å²) < 4.78 is 0. The lowest BCUT2D eigenvalue weighted by atomic mass is 9.98. The number of hydrogen-bond donors (Lipinski definition) is 0. The summed E-state index contributed by atoms with van der Waals surface area (Å²) in [6, 6.07) is 19.1. The van der Waals surface area contributed by atoms with Crippen molar-refractivity contribution in [1.82, 2.24) is 0 Å². The summed E-state index contributed by atoms with van der Waals surface area (Å²) in [5, 5.41) is 0. The van der Waals surface area contributed by atoms with Crippen LogP contribution >= 0.6 is 0 Å². The fraction of sp³-hybridized carbons (Fsp3) is 0.158. The number of rotatable bonds is 4. The highest BCUT2D eigenvalue weighted by molar-refractivity contribution is 5.75. The van der Waals surface area contributed by atoms with Gasteiger partial charge in [-0.15, -0.1) is 0 Å². The molecule has 0 atom stereocenters. The summed E-state index contributed by atoms with van der Waals surface area (Å²) in [6.07, 6.45) is 4.17. The first kappa shape index (κ1) is 13.4. The Labute approximate surface area is 116 Å². The highest BCUT2D eigenvalue weighted by Crippen LogP contribution is 2.23. The van der Waals surface area contributed by atoms with Gasteiger partial charge in [0, 0.05) is 0 Å². The zero-order valence-corrected chi connectivity index (χ0v) is 11.6. The van der Waals surface area contributed by atoms with E-state index in [9.17, 15) is 0 Å². The van der Waals surface area contributed by atoms with E-state index in [0.717, 1.165) is 0 Å². The summed E-state index contributed by atoms with van der Waals surface area (Å²) in [5.74, 6) is 0.529. The van der Waals surface area contributed by atoms with Crippen LogP contribution in [0.15, 0.2) is 73.3 Å². The molecule has 0 unspecified atom stereocenters. The van der Waals surface area contributed by atoms with Gasteiger partial charge in [0.25, 0.3) is 0 Å². The summed E-state index contributed by atoms with van der Waals surface area (Å²) in [5.41, 5.74) is 4.93. The number of hydrogen-bond acceptors (Lipinski definition) is 0. The van der Waals surface area contributed by atoms with E-state index in [-0.39, 0.29) is 0 Å². The Hall–Kier alpha value is -2.08. The topological polar surface area (TPSA) is 0 Å². The molecule has 0 spiro atoms. The average Bonchev–Trinajstić information content (AvgIpc) is 2.46. The van der Waals surface area contributed by atoms with Gasteiger partial charge in [0.05, 0.1) is 0 Å². The van der Waals surface area contributed by atoms with Crippen LogP contribution in [0.25, 0.3) is 16.7 Å². The average molecular weight is 248 g/mol. The summed E-state index contributed by atoms with van der Waals surface area (Å²) >= 11 is 0. The molecule has 0 heterocycles. The third-order valence-corrected chi connectivity index (χ3v) is 3.06. The highest BCUT2D eigenvalue weighted by atomic mass is 14.1. The van der Waals surface area contributed by atoms with Gasteiger partial charge in [-0.1, -0.05) is 87.2 Å². The summed E-state index contributed by atoms with van der Waals surface area (Å²) in [4.78, 5) is 0. The van der Waals surface area contributed by atoms with Gasteiger partial charge in [0.15, 0.2) is 0 Å². The molecule has 0 nitrogen and oxygen atoms in total. The Morgan fingerprint density at radius 2 is 1.47 bits per heavy atom. The van der Waals surface area contributed by atoms with Crippen LogP contribution in [0.4, 0.5) is 0 Å². The van der Waals surface area contributed by atoms with Crippen molar-refractivity contribution < 1.29 is 0 Å². The van der Waals surface area contributed by atoms with Crippen LogP contribution < -0.4 is 0 Å². The Balaban J connectivity index is 2.31. The van der Waals surface area contributed by atoms with E-state index in [4.69, 9.17) is 0 Å². The molecule has 0 aliphatic carbocycles. The van der Waals surface area contributed by atoms with E-state index in [2.05, 4.69) is 75.0 Å². The van der Waals surface area contributed by atoms with Crippen molar-refractivity contribution >= 4 is 5.57 Å². The molecule has 2 aromatic rings. The van der Waals surface area contributed by atoms with Crippen molar-refractivity contribution in [3.8, 4) is 11.1 Å². The maximum Gasteiger partial charge on any atom is -0.0184 e. The van der Waals surface area contributed by atoms with Gasteiger partial charge in [-0.05, 0) is 28.2 Å². The predicted octanol–water partition coefficient (Wildman–Crippen LogP) is 5.58. The SMILES string of the molecule is C=C/C(=C\C(C)C)c1ccc(-c2ccccc2)cc1. The Morgan fingerprint density at radius 1 is 0.895 bits per heavy atom. The van der Waals surface area contributed by atoms with Crippen molar-refractivity contribution in [1.29, 1.82) is 0 Å². The van der Waals surface area contributed by atoms with Crippen LogP contribution in [0.2, 0.25) is 0 Å². The molecule has 2 rings (SSSR count). The molecule has 0 amide bonds. The van der Waals surface area contributed by atoms with Crippen LogP contribution in [0.3, 0.4) is 0 Å². The summed E-state index contributed by atoms with van der Waals surface area (Å²) in [7, 11) is 0. The van der Waals surface area contributed by atoms with Gasteiger partial charge in [-0.25, -0.2) is 0 Å². The lowest BCUT2D eigenvalue weighted by molar-refractivity contribution is 0.834. The first-order valence-electron chi connectivity index (χ1n) is 6.71. The third-order valence-electron chi connectivity index (χ3n) is 3.06. The second-order valence-corrected chi connectivity index (χ2v) is 5.01. The normalized spacial score (nSPS) is 11.6. The van der Waals surface area contributed by atoms with E-state index in [1.807, 2.05) is 12.1 Å². The van der Waals surface area contributed by atoms with Crippen LogP contribution in [-0.4, -0.2) is 0 Å². The lowest BCUT2D eigenvalue weighted by Gasteiger charge is -2.07. The Morgan fingerprint density at radius 3 is 2.00 bits per heavy atom. The molecular formula is C19H20. The Kier molecular flexibility index (Phi) is 4.35. The second-order valence-electron chi connectivity index (χ2n) is 5.01. The van der Waals surface area contributed by atoms with Gasteiger partial charge in [0.2, 0.25) is 0 Å². The minimum absolute atomic E-state index is 0.529. The molecule has 0 saturated heterocycles. The first-order chi connectivity index (χ1) is 9.20. The van der Waals surface area contributed by atoms with Crippen LogP contribution in [0.1, 0.15) is 19.4 Å².